The third kappa shape index (κ3) is 0.933. The van der Waals surface area contributed by atoms with E-state index >= 15 is 0 Å². The van der Waals surface area contributed by atoms with Gasteiger partial charge in [0.05, 0.1) is 0 Å². The lowest BCUT2D eigenvalue weighted by atomic mass is 9.44. The van der Waals surface area contributed by atoms with Gasteiger partial charge in [0.1, 0.15) is 0 Å². The van der Waals surface area contributed by atoms with Crippen LogP contribution in [0.5, 0.6) is 0 Å². The van der Waals surface area contributed by atoms with Crippen LogP contribution < -0.4 is 0 Å². The van der Waals surface area contributed by atoms with Crippen molar-refractivity contribution in [3.8, 4) is 0 Å². The van der Waals surface area contributed by atoms with E-state index in [1.54, 1.807) is 0 Å². The van der Waals surface area contributed by atoms with Crippen LogP contribution in [0.2, 0.25) is 0 Å². The van der Waals surface area contributed by atoms with Crippen LogP contribution in [-0.4, -0.2) is 5.78 Å². The Balaban J connectivity index is 1.97. The van der Waals surface area contributed by atoms with Gasteiger partial charge in [0.2, 0.25) is 0 Å². The molecule has 0 spiro atoms. The largest absolute Gasteiger partial charge is 0.295 e. The monoisotopic (exact) mass is 190 g/mol. The van der Waals surface area contributed by atoms with Crippen LogP contribution in [0.25, 0.3) is 0 Å². The highest BCUT2D eigenvalue weighted by atomic mass is 16.1. The molecule has 1 unspecified atom stereocenters. The van der Waals surface area contributed by atoms with Crippen LogP contribution in [0, 0.1) is 23.2 Å². The highest BCUT2D eigenvalue weighted by molar-refractivity contribution is 5.91. The van der Waals surface area contributed by atoms with E-state index in [4.69, 9.17) is 0 Å². The second-order valence-electron chi connectivity index (χ2n) is 5.89. The zero-order chi connectivity index (χ0) is 9.92. The molecule has 4 aliphatic carbocycles. The maximum Gasteiger partial charge on any atom is 0.155 e. The summed E-state index contributed by atoms with van der Waals surface area (Å²) in [5.41, 5.74) is 1.99. The molecule has 1 nitrogen and oxygen atoms in total. The van der Waals surface area contributed by atoms with Crippen LogP contribution in [0.4, 0.5) is 0 Å². The molecule has 76 valence electrons. The van der Waals surface area contributed by atoms with Gasteiger partial charge in [-0.25, -0.2) is 0 Å². The minimum absolute atomic E-state index is 0.373. The second kappa shape index (κ2) is 2.50. The molecular weight excluding hydrogens is 172 g/mol. The summed E-state index contributed by atoms with van der Waals surface area (Å²) in [6, 6.07) is 0. The average Bonchev–Trinajstić information content (AvgIpc) is 2.16. The smallest absolute Gasteiger partial charge is 0.155 e. The molecule has 4 aliphatic rings. The molecule has 1 heteroatoms. The quantitative estimate of drug-likeness (QED) is 0.574. The van der Waals surface area contributed by atoms with Gasteiger partial charge in [-0.1, -0.05) is 19.4 Å². The molecule has 0 aromatic heterocycles. The Morgan fingerprint density at radius 3 is 2.86 bits per heavy atom. The van der Waals surface area contributed by atoms with Gasteiger partial charge < -0.3 is 0 Å². The zero-order valence-corrected chi connectivity index (χ0v) is 9.05. The molecule has 0 aliphatic heterocycles. The Morgan fingerprint density at radius 1 is 1.36 bits per heavy atom. The van der Waals surface area contributed by atoms with Crippen molar-refractivity contribution in [1.29, 1.82) is 0 Å². The van der Waals surface area contributed by atoms with Crippen LogP contribution in [0.3, 0.4) is 0 Å². The first-order valence-corrected chi connectivity index (χ1v) is 5.83. The standard InChI is InChI=1S/C13H18O/c1-13(2)9-5-8-3-4-10(14)7-11(8)12(13)6-9/h7-9,12H,3-6H2,1-2H3/t8?,9-,12+/m1/s1. The minimum atomic E-state index is 0.373. The van der Waals surface area contributed by atoms with Gasteiger partial charge in [0.25, 0.3) is 0 Å². The van der Waals surface area contributed by atoms with Gasteiger partial charge in [-0.05, 0) is 48.5 Å². The summed E-state index contributed by atoms with van der Waals surface area (Å²) < 4.78 is 0. The Kier molecular flexibility index (Phi) is 1.55. The first-order valence-electron chi connectivity index (χ1n) is 5.83. The number of carbonyl (C=O) groups excluding carboxylic acids is 1. The number of allylic oxidation sites excluding steroid dienone is 2. The van der Waals surface area contributed by atoms with Crippen molar-refractivity contribution < 1.29 is 4.79 Å². The van der Waals surface area contributed by atoms with E-state index in [1.807, 2.05) is 6.08 Å². The predicted octanol–water partition coefficient (Wildman–Crippen LogP) is 2.96. The molecule has 0 radical (unpaired) electrons. The molecule has 2 bridgehead atoms. The van der Waals surface area contributed by atoms with Crippen LogP contribution in [-0.2, 0) is 4.79 Å². The molecule has 3 atom stereocenters. The fourth-order valence-electron chi connectivity index (χ4n) is 3.82. The summed E-state index contributed by atoms with van der Waals surface area (Å²) in [5, 5.41) is 0. The van der Waals surface area contributed by atoms with Crippen molar-refractivity contribution in [3.63, 3.8) is 0 Å². The summed E-state index contributed by atoms with van der Waals surface area (Å²) in [4.78, 5) is 11.4. The molecule has 4 rings (SSSR count). The SMILES string of the molecule is CC1(C)[C@@H]2CC3CCC(=O)C=C3[C@@H]1C2. The topological polar surface area (TPSA) is 17.1 Å². The summed E-state index contributed by atoms with van der Waals surface area (Å²) in [5.74, 6) is 2.81. The lowest BCUT2D eigenvalue weighted by molar-refractivity contribution is -0.116. The van der Waals surface area contributed by atoms with Crippen molar-refractivity contribution in [2.24, 2.45) is 23.2 Å². The van der Waals surface area contributed by atoms with Crippen LogP contribution >= 0.6 is 0 Å². The number of ketones is 1. The third-order valence-corrected chi connectivity index (χ3v) is 4.98. The molecule has 0 amide bonds. The third-order valence-electron chi connectivity index (χ3n) is 4.98. The first kappa shape index (κ1) is 8.70. The zero-order valence-electron chi connectivity index (χ0n) is 9.05. The predicted molar refractivity (Wildman–Crippen MR) is 55.8 cm³/mol. The highest BCUT2D eigenvalue weighted by Gasteiger charge is 2.55. The van der Waals surface area contributed by atoms with Crippen molar-refractivity contribution in [2.45, 2.75) is 39.5 Å². The van der Waals surface area contributed by atoms with Gasteiger partial charge in [0, 0.05) is 6.42 Å². The molecule has 0 aromatic carbocycles. The normalized spacial score (nSPS) is 43.7. The Morgan fingerprint density at radius 2 is 2.14 bits per heavy atom. The van der Waals surface area contributed by atoms with Crippen molar-refractivity contribution in [2.75, 3.05) is 0 Å². The van der Waals surface area contributed by atoms with E-state index in [1.165, 1.54) is 18.4 Å². The van der Waals surface area contributed by atoms with Gasteiger partial charge in [-0.15, -0.1) is 0 Å². The first-order chi connectivity index (χ1) is 6.59. The highest BCUT2D eigenvalue weighted by Crippen LogP contribution is 2.64. The lowest BCUT2D eigenvalue weighted by Crippen LogP contribution is -2.52. The summed E-state index contributed by atoms with van der Waals surface area (Å²) >= 11 is 0. The van der Waals surface area contributed by atoms with E-state index in [0.29, 0.717) is 11.2 Å². The molecule has 0 N–H and O–H groups in total. The number of carbonyl (C=O) groups is 1. The molecular formula is C13H18O. The summed E-state index contributed by atoms with van der Waals surface area (Å²) in [7, 11) is 0. The fourth-order valence-corrected chi connectivity index (χ4v) is 3.82. The number of rotatable bonds is 0. The van der Waals surface area contributed by atoms with E-state index in [9.17, 15) is 4.79 Å². The molecule has 0 saturated heterocycles. The maximum absolute atomic E-state index is 11.4. The fraction of sp³-hybridized carbons (Fsp3) is 0.769. The number of hydrogen-bond donors (Lipinski definition) is 0. The van der Waals surface area contributed by atoms with Gasteiger partial charge in [-0.3, -0.25) is 4.79 Å². The average molecular weight is 190 g/mol. The van der Waals surface area contributed by atoms with Crippen LogP contribution in [0.1, 0.15) is 39.5 Å². The Labute approximate surface area is 85.6 Å². The van der Waals surface area contributed by atoms with Gasteiger partial charge in [-0.2, -0.15) is 0 Å². The van der Waals surface area contributed by atoms with Crippen molar-refractivity contribution in [1.82, 2.24) is 0 Å². The molecule has 3 saturated carbocycles. The maximum atomic E-state index is 11.4. The van der Waals surface area contributed by atoms with E-state index in [2.05, 4.69) is 13.8 Å². The summed E-state index contributed by atoms with van der Waals surface area (Å²) in [6.07, 6.45) is 6.61. The van der Waals surface area contributed by atoms with E-state index in [-0.39, 0.29) is 0 Å². The molecule has 0 heterocycles. The van der Waals surface area contributed by atoms with E-state index in [0.717, 1.165) is 30.6 Å². The molecule has 0 aromatic rings. The second-order valence-corrected chi connectivity index (χ2v) is 5.89. The van der Waals surface area contributed by atoms with Crippen molar-refractivity contribution >= 4 is 5.78 Å². The molecule has 3 fully saturated rings. The van der Waals surface area contributed by atoms with Crippen LogP contribution in [0.15, 0.2) is 11.6 Å². The van der Waals surface area contributed by atoms with E-state index < -0.39 is 0 Å². The Hall–Kier alpha value is -0.590. The number of hydrogen-bond acceptors (Lipinski definition) is 1. The summed E-state index contributed by atoms with van der Waals surface area (Å²) in [6.45, 7) is 4.75. The minimum Gasteiger partial charge on any atom is -0.295 e. The molecule has 14 heavy (non-hydrogen) atoms. The van der Waals surface area contributed by atoms with Gasteiger partial charge in [0.15, 0.2) is 5.78 Å². The van der Waals surface area contributed by atoms with Crippen molar-refractivity contribution in [3.05, 3.63) is 11.6 Å². The lowest BCUT2D eigenvalue weighted by Gasteiger charge is -2.60. The van der Waals surface area contributed by atoms with Gasteiger partial charge >= 0.3 is 0 Å². The Bertz CT molecular complexity index is 324.